The molecule has 96 valence electrons. The third kappa shape index (κ3) is 4.72. The summed E-state index contributed by atoms with van der Waals surface area (Å²) in [5.74, 6) is 0. The van der Waals surface area contributed by atoms with Crippen molar-refractivity contribution in [1.82, 2.24) is 0 Å². The Labute approximate surface area is 102 Å². The quantitative estimate of drug-likeness (QED) is 0.719. The van der Waals surface area contributed by atoms with Gasteiger partial charge in [-0.2, -0.15) is 0 Å². The number of nitrogens with one attached hydrogen (secondary N) is 1. The van der Waals surface area contributed by atoms with Crippen molar-refractivity contribution < 1.29 is 13.2 Å². The van der Waals surface area contributed by atoms with Gasteiger partial charge in [-0.05, 0) is 25.5 Å². The SMILES string of the molecule is CCOCCCNc1ccccc1S(N)(=O)=O. The highest BCUT2D eigenvalue weighted by molar-refractivity contribution is 7.89. The van der Waals surface area contributed by atoms with E-state index in [4.69, 9.17) is 9.88 Å². The molecule has 0 fully saturated rings. The second kappa shape index (κ2) is 6.58. The summed E-state index contributed by atoms with van der Waals surface area (Å²) in [5.41, 5.74) is 0.534. The van der Waals surface area contributed by atoms with Crippen molar-refractivity contribution in [1.29, 1.82) is 0 Å². The van der Waals surface area contributed by atoms with E-state index >= 15 is 0 Å². The molecule has 0 heterocycles. The van der Waals surface area contributed by atoms with Gasteiger partial charge in [0.1, 0.15) is 4.90 Å². The maximum Gasteiger partial charge on any atom is 0.240 e. The topological polar surface area (TPSA) is 81.4 Å². The Balaban J connectivity index is 2.59. The molecule has 0 bridgehead atoms. The Hall–Kier alpha value is -1.11. The molecule has 1 aromatic carbocycles. The Kier molecular flexibility index (Phi) is 5.40. The van der Waals surface area contributed by atoms with E-state index in [0.717, 1.165) is 6.42 Å². The molecule has 0 radical (unpaired) electrons. The van der Waals surface area contributed by atoms with Gasteiger partial charge in [0, 0.05) is 19.8 Å². The molecule has 0 aliphatic rings. The van der Waals surface area contributed by atoms with E-state index in [1.165, 1.54) is 6.07 Å². The summed E-state index contributed by atoms with van der Waals surface area (Å²) < 4.78 is 27.8. The van der Waals surface area contributed by atoms with E-state index in [0.29, 0.717) is 25.4 Å². The monoisotopic (exact) mass is 258 g/mol. The number of hydrogen-bond donors (Lipinski definition) is 2. The molecule has 3 N–H and O–H groups in total. The van der Waals surface area contributed by atoms with Crippen LogP contribution in [-0.2, 0) is 14.8 Å². The molecule has 1 rings (SSSR count). The maximum atomic E-state index is 11.3. The van der Waals surface area contributed by atoms with Gasteiger partial charge in [0.05, 0.1) is 5.69 Å². The van der Waals surface area contributed by atoms with Crippen molar-refractivity contribution in [3.8, 4) is 0 Å². The summed E-state index contributed by atoms with van der Waals surface area (Å²) >= 11 is 0. The van der Waals surface area contributed by atoms with E-state index in [-0.39, 0.29) is 4.90 Å². The Bertz CT molecular complexity index is 446. The van der Waals surface area contributed by atoms with Crippen LogP contribution in [0.3, 0.4) is 0 Å². The summed E-state index contributed by atoms with van der Waals surface area (Å²) in [5, 5.41) is 8.16. The van der Waals surface area contributed by atoms with Crippen LogP contribution in [-0.4, -0.2) is 28.2 Å². The summed E-state index contributed by atoms with van der Waals surface area (Å²) in [6.45, 7) is 3.92. The van der Waals surface area contributed by atoms with Crippen LogP contribution in [0.15, 0.2) is 29.2 Å². The van der Waals surface area contributed by atoms with E-state index in [1.54, 1.807) is 18.2 Å². The first-order valence-electron chi connectivity index (χ1n) is 5.49. The minimum atomic E-state index is -3.67. The molecule has 0 saturated heterocycles. The molecule has 5 nitrogen and oxygen atoms in total. The van der Waals surface area contributed by atoms with Crippen LogP contribution >= 0.6 is 0 Å². The lowest BCUT2D eigenvalue weighted by atomic mass is 10.3. The summed E-state index contributed by atoms with van der Waals surface area (Å²) in [7, 11) is -3.67. The van der Waals surface area contributed by atoms with Crippen LogP contribution in [0.4, 0.5) is 5.69 Å². The molecule has 0 saturated carbocycles. The number of hydrogen-bond acceptors (Lipinski definition) is 4. The lowest BCUT2D eigenvalue weighted by molar-refractivity contribution is 0.147. The number of para-hydroxylation sites is 1. The minimum absolute atomic E-state index is 0.122. The first kappa shape index (κ1) is 14.0. The van der Waals surface area contributed by atoms with Crippen molar-refractivity contribution >= 4 is 15.7 Å². The fourth-order valence-corrected chi connectivity index (χ4v) is 2.12. The number of ether oxygens (including phenoxy) is 1. The normalized spacial score (nSPS) is 11.4. The van der Waals surface area contributed by atoms with Gasteiger partial charge >= 0.3 is 0 Å². The lowest BCUT2D eigenvalue weighted by Crippen LogP contribution is -2.15. The van der Waals surface area contributed by atoms with Gasteiger partial charge in [-0.1, -0.05) is 12.1 Å². The van der Waals surface area contributed by atoms with Gasteiger partial charge in [0.25, 0.3) is 0 Å². The molecule has 0 unspecified atom stereocenters. The van der Waals surface area contributed by atoms with Gasteiger partial charge in [-0.3, -0.25) is 0 Å². The van der Waals surface area contributed by atoms with Crippen molar-refractivity contribution in [3.63, 3.8) is 0 Å². The predicted molar refractivity (Wildman–Crippen MR) is 67.4 cm³/mol. The van der Waals surface area contributed by atoms with Gasteiger partial charge in [-0.25, -0.2) is 13.6 Å². The Morgan fingerprint density at radius 1 is 1.35 bits per heavy atom. The minimum Gasteiger partial charge on any atom is -0.384 e. The van der Waals surface area contributed by atoms with E-state index in [2.05, 4.69) is 5.32 Å². The highest BCUT2D eigenvalue weighted by atomic mass is 32.2. The van der Waals surface area contributed by atoms with Crippen LogP contribution in [0.5, 0.6) is 0 Å². The number of rotatable bonds is 7. The smallest absolute Gasteiger partial charge is 0.240 e. The second-order valence-corrected chi connectivity index (χ2v) is 5.05. The molecule has 0 aromatic heterocycles. The number of primary sulfonamides is 1. The van der Waals surface area contributed by atoms with Gasteiger partial charge < -0.3 is 10.1 Å². The van der Waals surface area contributed by atoms with Gasteiger partial charge in [0.2, 0.25) is 10.0 Å². The van der Waals surface area contributed by atoms with Crippen LogP contribution in [0.2, 0.25) is 0 Å². The zero-order valence-corrected chi connectivity index (χ0v) is 10.7. The van der Waals surface area contributed by atoms with E-state index in [1.807, 2.05) is 6.92 Å². The molecular formula is C11H18N2O3S. The Morgan fingerprint density at radius 3 is 2.71 bits per heavy atom. The van der Waals surface area contributed by atoms with Gasteiger partial charge in [0.15, 0.2) is 0 Å². The third-order valence-electron chi connectivity index (χ3n) is 2.18. The molecule has 0 amide bonds. The summed E-state index contributed by atoms with van der Waals surface area (Å²) in [6, 6.07) is 6.59. The number of sulfonamides is 1. The van der Waals surface area contributed by atoms with Crippen LogP contribution < -0.4 is 10.5 Å². The molecule has 0 atom stereocenters. The van der Waals surface area contributed by atoms with Crippen LogP contribution in [0.25, 0.3) is 0 Å². The lowest BCUT2D eigenvalue weighted by Gasteiger charge is -2.10. The number of nitrogens with two attached hydrogens (primary N) is 1. The zero-order chi connectivity index (χ0) is 12.7. The highest BCUT2D eigenvalue weighted by Crippen LogP contribution is 2.18. The van der Waals surface area contributed by atoms with Gasteiger partial charge in [-0.15, -0.1) is 0 Å². The second-order valence-electron chi connectivity index (χ2n) is 3.52. The van der Waals surface area contributed by atoms with E-state index < -0.39 is 10.0 Å². The molecule has 0 aliphatic carbocycles. The standard InChI is InChI=1S/C11H18N2O3S/c1-2-16-9-5-8-13-10-6-3-4-7-11(10)17(12,14)15/h3-4,6-7,13H,2,5,8-9H2,1H3,(H2,12,14,15). The van der Waals surface area contributed by atoms with E-state index in [9.17, 15) is 8.42 Å². The maximum absolute atomic E-state index is 11.3. The number of anilines is 1. The molecule has 1 aromatic rings. The number of benzene rings is 1. The van der Waals surface area contributed by atoms with Crippen LogP contribution in [0.1, 0.15) is 13.3 Å². The zero-order valence-electron chi connectivity index (χ0n) is 9.85. The molecule has 6 heteroatoms. The van der Waals surface area contributed by atoms with Crippen molar-refractivity contribution in [3.05, 3.63) is 24.3 Å². The molecule has 0 spiro atoms. The van der Waals surface area contributed by atoms with Crippen molar-refractivity contribution in [2.24, 2.45) is 5.14 Å². The largest absolute Gasteiger partial charge is 0.384 e. The van der Waals surface area contributed by atoms with Crippen LogP contribution in [0, 0.1) is 0 Å². The average Bonchev–Trinajstić information content (AvgIpc) is 2.28. The fourth-order valence-electron chi connectivity index (χ4n) is 1.40. The van der Waals surface area contributed by atoms with Crippen molar-refractivity contribution in [2.75, 3.05) is 25.1 Å². The Morgan fingerprint density at radius 2 is 2.06 bits per heavy atom. The molecular weight excluding hydrogens is 240 g/mol. The summed E-state index contributed by atoms with van der Waals surface area (Å²) in [4.78, 5) is 0.122. The van der Waals surface area contributed by atoms with Crippen molar-refractivity contribution in [2.45, 2.75) is 18.2 Å². The highest BCUT2D eigenvalue weighted by Gasteiger charge is 2.12. The molecule has 0 aliphatic heterocycles. The predicted octanol–water partition coefficient (Wildman–Crippen LogP) is 1.17. The molecule has 17 heavy (non-hydrogen) atoms. The first-order valence-corrected chi connectivity index (χ1v) is 7.03. The fraction of sp³-hybridized carbons (Fsp3) is 0.455. The average molecular weight is 258 g/mol. The summed E-state index contributed by atoms with van der Waals surface area (Å²) in [6.07, 6.45) is 0.812. The first-order chi connectivity index (χ1) is 8.05. The third-order valence-corrected chi connectivity index (χ3v) is 3.15.